The molecule has 3 rings (SSSR count). The molecule has 1 aliphatic heterocycles. The highest BCUT2D eigenvalue weighted by molar-refractivity contribution is 6.05. The SMILES string of the molecule is COc1ccccc1C=C(NC(=O)c1ccccc1)C(=O)N1CCOCC1. The van der Waals surface area contributed by atoms with Gasteiger partial charge in [0.15, 0.2) is 0 Å². The van der Waals surface area contributed by atoms with Gasteiger partial charge >= 0.3 is 0 Å². The second-order valence-electron chi connectivity index (χ2n) is 6.02. The zero-order chi connectivity index (χ0) is 19.1. The molecule has 0 saturated carbocycles. The van der Waals surface area contributed by atoms with E-state index < -0.39 is 0 Å². The summed E-state index contributed by atoms with van der Waals surface area (Å²) in [6.45, 7) is 1.95. The summed E-state index contributed by atoms with van der Waals surface area (Å²) in [6.07, 6.45) is 1.65. The first-order chi connectivity index (χ1) is 13.2. The van der Waals surface area contributed by atoms with Crippen molar-refractivity contribution >= 4 is 17.9 Å². The van der Waals surface area contributed by atoms with E-state index in [9.17, 15) is 9.59 Å². The molecule has 2 aromatic rings. The lowest BCUT2D eigenvalue weighted by molar-refractivity contribution is -0.131. The lowest BCUT2D eigenvalue weighted by atomic mass is 10.1. The third-order valence-corrected chi connectivity index (χ3v) is 4.25. The minimum Gasteiger partial charge on any atom is -0.496 e. The van der Waals surface area contributed by atoms with Crippen LogP contribution in [0.4, 0.5) is 0 Å². The zero-order valence-corrected chi connectivity index (χ0v) is 15.2. The number of rotatable bonds is 5. The maximum Gasteiger partial charge on any atom is 0.270 e. The van der Waals surface area contributed by atoms with E-state index in [0.717, 1.165) is 0 Å². The van der Waals surface area contributed by atoms with E-state index in [4.69, 9.17) is 9.47 Å². The van der Waals surface area contributed by atoms with E-state index in [2.05, 4.69) is 5.32 Å². The van der Waals surface area contributed by atoms with E-state index in [0.29, 0.717) is 43.2 Å². The minimum absolute atomic E-state index is 0.204. The zero-order valence-electron chi connectivity index (χ0n) is 15.2. The van der Waals surface area contributed by atoms with Crippen molar-refractivity contribution in [3.8, 4) is 5.75 Å². The van der Waals surface area contributed by atoms with Crippen molar-refractivity contribution in [1.82, 2.24) is 10.2 Å². The third kappa shape index (κ3) is 4.74. The molecule has 1 aliphatic rings. The minimum atomic E-state index is -0.335. The molecule has 6 heteroatoms. The molecular formula is C21H22N2O4. The van der Waals surface area contributed by atoms with Crippen molar-refractivity contribution in [3.05, 3.63) is 71.4 Å². The number of ether oxygens (including phenoxy) is 2. The first-order valence-electron chi connectivity index (χ1n) is 8.77. The molecule has 2 aromatic carbocycles. The van der Waals surface area contributed by atoms with Gasteiger partial charge in [0.05, 0.1) is 20.3 Å². The Labute approximate surface area is 158 Å². The van der Waals surface area contributed by atoms with Gasteiger partial charge in [-0.25, -0.2) is 0 Å². The summed E-state index contributed by atoms with van der Waals surface area (Å²) >= 11 is 0. The summed E-state index contributed by atoms with van der Waals surface area (Å²) in [5, 5.41) is 2.76. The van der Waals surface area contributed by atoms with E-state index >= 15 is 0 Å². The lowest BCUT2D eigenvalue weighted by Crippen LogP contribution is -2.44. The number of benzene rings is 2. The Kier molecular flexibility index (Phi) is 6.22. The van der Waals surface area contributed by atoms with Crippen LogP contribution in [-0.4, -0.2) is 50.1 Å². The molecule has 1 fully saturated rings. The van der Waals surface area contributed by atoms with Crippen LogP contribution >= 0.6 is 0 Å². The Bertz CT molecular complexity index is 827. The van der Waals surface area contributed by atoms with Gasteiger partial charge < -0.3 is 19.7 Å². The molecule has 0 atom stereocenters. The van der Waals surface area contributed by atoms with E-state index in [1.807, 2.05) is 30.3 Å². The fourth-order valence-corrected chi connectivity index (χ4v) is 2.81. The number of carbonyl (C=O) groups is 2. The molecule has 27 heavy (non-hydrogen) atoms. The molecule has 1 saturated heterocycles. The van der Waals surface area contributed by atoms with E-state index in [1.54, 1.807) is 42.4 Å². The Balaban J connectivity index is 1.91. The summed E-state index contributed by atoms with van der Waals surface area (Å²) in [6, 6.07) is 16.1. The number of methoxy groups -OCH3 is 1. The number of morpholine rings is 1. The van der Waals surface area contributed by atoms with Crippen molar-refractivity contribution in [1.29, 1.82) is 0 Å². The van der Waals surface area contributed by atoms with Gasteiger partial charge in [0.1, 0.15) is 11.4 Å². The predicted octanol–water partition coefficient (Wildman–Crippen LogP) is 2.32. The topological polar surface area (TPSA) is 67.9 Å². The van der Waals surface area contributed by atoms with Crippen LogP contribution in [0.5, 0.6) is 5.75 Å². The first kappa shape index (κ1) is 18.7. The smallest absolute Gasteiger partial charge is 0.270 e. The van der Waals surface area contributed by atoms with Gasteiger partial charge in [-0.15, -0.1) is 0 Å². The van der Waals surface area contributed by atoms with Gasteiger partial charge in [-0.1, -0.05) is 36.4 Å². The van der Waals surface area contributed by atoms with Gasteiger partial charge in [0, 0.05) is 24.2 Å². The highest BCUT2D eigenvalue weighted by Gasteiger charge is 2.23. The van der Waals surface area contributed by atoms with E-state index in [-0.39, 0.29) is 17.5 Å². The number of hydrogen-bond donors (Lipinski definition) is 1. The molecule has 1 N–H and O–H groups in total. The summed E-state index contributed by atoms with van der Waals surface area (Å²) in [4.78, 5) is 27.3. The molecule has 0 radical (unpaired) electrons. The van der Waals surface area contributed by atoms with Crippen LogP contribution in [0.2, 0.25) is 0 Å². The quantitative estimate of drug-likeness (QED) is 0.825. The Hall–Kier alpha value is -3.12. The molecule has 0 spiro atoms. The molecule has 0 aliphatic carbocycles. The van der Waals surface area contributed by atoms with Crippen LogP contribution in [0.1, 0.15) is 15.9 Å². The Morgan fingerprint density at radius 3 is 2.41 bits per heavy atom. The molecular weight excluding hydrogens is 344 g/mol. The number of amides is 2. The van der Waals surface area contributed by atoms with Gasteiger partial charge in [-0.05, 0) is 24.3 Å². The van der Waals surface area contributed by atoms with Crippen LogP contribution in [0, 0.1) is 0 Å². The first-order valence-corrected chi connectivity index (χ1v) is 8.77. The van der Waals surface area contributed by atoms with Gasteiger partial charge in [-0.3, -0.25) is 9.59 Å². The van der Waals surface area contributed by atoms with Gasteiger partial charge in [0.2, 0.25) is 0 Å². The monoisotopic (exact) mass is 366 g/mol. The summed E-state index contributed by atoms with van der Waals surface area (Å²) in [5.41, 5.74) is 1.40. The third-order valence-electron chi connectivity index (χ3n) is 4.25. The van der Waals surface area contributed by atoms with E-state index in [1.165, 1.54) is 0 Å². The Morgan fingerprint density at radius 2 is 1.70 bits per heavy atom. The average molecular weight is 366 g/mol. The molecule has 140 valence electrons. The second kappa shape index (κ2) is 9.00. The number of nitrogens with one attached hydrogen (secondary N) is 1. The van der Waals surface area contributed by atoms with Gasteiger partial charge in [-0.2, -0.15) is 0 Å². The highest BCUT2D eigenvalue weighted by Crippen LogP contribution is 2.21. The second-order valence-corrected chi connectivity index (χ2v) is 6.02. The molecule has 0 aromatic heterocycles. The molecule has 1 heterocycles. The Morgan fingerprint density at radius 1 is 1.04 bits per heavy atom. The van der Waals surface area contributed by atoms with Gasteiger partial charge in [0.25, 0.3) is 11.8 Å². The number of nitrogens with zero attached hydrogens (tertiary/aromatic N) is 1. The fourth-order valence-electron chi connectivity index (χ4n) is 2.81. The number of para-hydroxylation sites is 1. The maximum atomic E-state index is 13.0. The molecule has 0 unspecified atom stereocenters. The normalized spacial score (nSPS) is 14.6. The standard InChI is InChI=1S/C21H22N2O4/c1-26-19-10-6-5-9-17(19)15-18(21(25)23-11-13-27-14-12-23)22-20(24)16-7-3-2-4-8-16/h2-10,15H,11-14H2,1H3,(H,22,24). The van der Waals surface area contributed by atoms with Crippen molar-refractivity contribution in [2.45, 2.75) is 0 Å². The predicted molar refractivity (Wildman–Crippen MR) is 102 cm³/mol. The van der Waals surface area contributed by atoms with Crippen LogP contribution in [0.15, 0.2) is 60.3 Å². The number of carbonyl (C=O) groups excluding carboxylic acids is 2. The van der Waals surface area contributed by atoms with Crippen molar-refractivity contribution in [2.75, 3.05) is 33.4 Å². The average Bonchev–Trinajstić information content (AvgIpc) is 2.74. The molecule has 0 bridgehead atoms. The molecule has 6 nitrogen and oxygen atoms in total. The molecule has 2 amide bonds. The van der Waals surface area contributed by atoms with Crippen LogP contribution in [0.3, 0.4) is 0 Å². The highest BCUT2D eigenvalue weighted by atomic mass is 16.5. The maximum absolute atomic E-state index is 13.0. The van der Waals surface area contributed by atoms with Crippen molar-refractivity contribution < 1.29 is 19.1 Å². The number of hydrogen-bond acceptors (Lipinski definition) is 4. The summed E-state index contributed by atoms with van der Waals surface area (Å²) in [7, 11) is 1.57. The van der Waals surface area contributed by atoms with Crippen molar-refractivity contribution in [3.63, 3.8) is 0 Å². The lowest BCUT2D eigenvalue weighted by Gasteiger charge is -2.28. The van der Waals surface area contributed by atoms with Crippen molar-refractivity contribution in [2.24, 2.45) is 0 Å². The van der Waals surface area contributed by atoms with Crippen LogP contribution < -0.4 is 10.1 Å². The van der Waals surface area contributed by atoms with Crippen LogP contribution in [0.25, 0.3) is 6.08 Å². The fraction of sp³-hybridized carbons (Fsp3) is 0.238. The summed E-state index contributed by atoms with van der Waals surface area (Å²) in [5.74, 6) is 0.0468. The largest absolute Gasteiger partial charge is 0.496 e. The van der Waals surface area contributed by atoms with Crippen LogP contribution in [-0.2, 0) is 9.53 Å². The summed E-state index contributed by atoms with van der Waals surface area (Å²) < 4.78 is 10.7.